The van der Waals surface area contributed by atoms with Gasteiger partial charge in [-0.1, -0.05) is 30.3 Å². The van der Waals surface area contributed by atoms with Gasteiger partial charge in [0.2, 0.25) is 0 Å². The second kappa shape index (κ2) is 5.40. The zero-order chi connectivity index (χ0) is 13.9. The van der Waals surface area contributed by atoms with Gasteiger partial charge in [0.15, 0.2) is 0 Å². The van der Waals surface area contributed by atoms with Gasteiger partial charge in [-0.2, -0.15) is 5.10 Å². The lowest BCUT2D eigenvalue weighted by Crippen LogP contribution is -2.38. The molecule has 1 aliphatic heterocycles. The van der Waals surface area contributed by atoms with Crippen LogP contribution in [0.3, 0.4) is 0 Å². The molecule has 1 amide bonds. The van der Waals surface area contributed by atoms with E-state index in [2.05, 4.69) is 5.10 Å². The van der Waals surface area contributed by atoms with E-state index in [1.165, 1.54) is 0 Å². The van der Waals surface area contributed by atoms with Crippen molar-refractivity contribution in [3.05, 3.63) is 47.7 Å². The molecule has 0 unspecified atom stereocenters. The van der Waals surface area contributed by atoms with E-state index in [0.717, 1.165) is 11.3 Å². The van der Waals surface area contributed by atoms with Crippen molar-refractivity contribution in [2.75, 3.05) is 6.54 Å². The minimum Gasteiger partial charge on any atom is -0.445 e. The van der Waals surface area contributed by atoms with Gasteiger partial charge < -0.3 is 9.64 Å². The van der Waals surface area contributed by atoms with Gasteiger partial charge in [-0.3, -0.25) is 4.68 Å². The number of aromatic nitrogens is 2. The highest BCUT2D eigenvalue weighted by atomic mass is 16.6. The average molecular weight is 267 g/mol. The minimum absolute atomic E-state index is 0.289. The quantitative estimate of drug-likeness (QED) is 0.757. The van der Waals surface area contributed by atoms with Crippen LogP contribution in [0, 0.1) is 0 Å². The number of benzene rings is 1. The van der Waals surface area contributed by atoms with E-state index < -0.39 is 0 Å². The van der Waals surface area contributed by atoms with Gasteiger partial charge in [-0.25, -0.2) is 4.79 Å². The molecule has 0 fully saturated rings. The Morgan fingerprint density at radius 3 is 2.90 bits per heavy atom. The molecule has 0 N–H and O–H groups in total. The molecule has 0 atom stereocenters. The van der Waals surface area contributed by atoms with Gasteiger partial charge in [0.1, 0.15) is 14.5 Å². The van der Waals surface area contributed by atoms with E-state index in [4.69, 9.17) is 12.6 Å². The number of carbonyl (C=O) groups excluding carboxylic acids is 1. The molecule has 0 aliphatic carbocycles. The lowest BCUT2D eigenvalue weighted by molar-refractivity contribution is 0.0858. The predicted molar refractivity (Wildman–Crippen MR) is 74.7 cm³/mol. The summed E-state index contributed by atoms with van der Waals surface area (Å²) < 4.78 is 7.15. The fourth-order valence-electron chi connectivity index (χ4n) is 2.26. The highest BCUT2D eigenvalue weighted by Gasteiger charge is 2.22. The Morgan fingerprint density at radius 1 is 1.30 bits per heavy atom. The molecule has 0 saturated carbocycles. The van der Waals surface area contributed by atoms with Crippen LogP contribution in [0.5, 0.6) is 0 Å². The zero-order valence-electron chi connectivity index (χ0n) is 11.0. The number of ether oxygens (including phenoxy) is 1. The van der Waals surface area contributed by atoms with Gasteiger partial charge in [0.05, 0.1) is 18.8 Å². The maximum absolute atomic E-state index is 12.0. The summed E-state index contributed by atoms with van der Waals surface area (Å²) in [5.74, 6) is 0. The Bertz CT molecular complexity index is 612. The van der Waals surface area contributed by atoms with Crippen molar-refractivity contribution in [2.24, 2.45) is 0 Å². The van der Waals surface area contributed by atoms with Gasteiger partial charge in [-0.05, 0) is 11.6 Å². The van der Waals surface area contributed by atoms with E-state index in [-0.39, 0.29) is 12.7 Å². The fraction of sp³-hybridized carbons (Fsp3) is 0.286. The third-order valence-electron chi connectivity index (χ3n) is 3.28. The Balaban J connectivity index is 1.59. The maximum Gasteiger partial charge on any atom is 0.410 e. The number of hydrogen-bond acceptors (Lipinski definition) is 3. The van der Waals surface area contributed by atoms with E-state index >= 15 is 0 Å². The average Bonchev–Trinajstić information content (AvgIpc) is 2.85. The molecule has 1 aliphatic rings. The molecule has 100 valence electrons. The Kier molecular flexibility index (Phi) is 3.45. The first-order valence-corrected chi connectivity index (χ1v) is 6.50. The summed E-state index contributed by atoms with van der Waals surface area (Å²) in [5.41, 5.74) is 2.40. The van der Waals surface area contributed by atoms with E-state index in [1.54, 1.807) is 11.0 Å². The number of rotatable bonds is 2. The number of carbonyl (C=O) groups is 1. The van der Waals surface area contributed by atoms with Crippen LogP contribution in [0.15, 0.2) is 36.4 Å². The highest BCUT2D eigenvalue weighted by Crippen LogP contribution is 2.12. The number of amides is 1. The van der Waals surface area contributed by atoms with E-state index in [0.29, 0.717) is 25.2 Å². The minimum atomic E-state index is -0.306. The molecule has 2 aromatic rings. The first-order chi connectivity index (χ1) is 9.72. The third kappa shape index (κ3) is 2.69. The topological polar surface area (TPSA) is 47.4 Å². The monoisotopic (exact) mass is 267 g/mol. The largest absolute Gasteiger partial charge is 0.445 e. The van der Waals surface area contributed by atoms with Crippen LogP contribution in [0.4, 0.5) is 4.79 Å². The van der Waals surface area contributed by atoms with Crippen molar-refractivity contribution in [1.29, 1.82) is 0 Å². The normalized spacial score (nSPS) is 13.9. The summed E-state index contributed by atoms with van der Waals surface area (Å²) in [4.78, 5) is 13.7. The SMILES string of the molecule is [B]c1cc2n(n1)CCN(C(=O)OCc1ccccc1)C2. The summed E-state index contributed by atoms with van der Waals surface area (Å²) in [5, 5.41) is 4.15. The van der Waals surface area contributed by atoms with Crippen molar-refractivity contribution < 1.29 is 9.53 Å². The molecule has 6 heteroatoms. The van der Waals surface area contributed by atoms with Crippen LogP contribution in [0.2, 0.25) is 0 Å². The van der Waals surface area contributed by atoms with E-state index in [1.807, 2.05) is 35.0 Å². The molecule has 2 heterocycles. The number of nitrogens with zero attached hydrogens (tertiary/aromatic N) is 3. The van der Waals surface area contributed by atoms with Crippen LogP contribution in [0.25, 0.3) is 0 Å². The van der Waals surface area contributed by atoms with Crippen LogP contribution < -0.4 is 5.59 Å². The molecule has 5 nitrogen and oxygen atoms in total. The Hall–Kier alpha value is -2.24. The fourth-order valence-corrected chi connectivity index (χ4v) is 2.26. The van der Waals surface area contributed by atoms with Crippen molar-refractivity contribution in [2.45, 2.75) is 19.7 Å². The lowest BCUT2D eigenvalue weighted by Gasteiger charge is -2.26. The first kappa shape index (κ1) is 12.8. The molecular weight excluding hydrogens is 253 g/mol. The highest BCUT2D eigenvalue weighted by molar-refractivity contribution is 6.30. The van der Waals surface area contributed by atoms with Gasteiger partial charge in [0, 0.05) is 12.1 Å². The van der Waals surface area contributed by atoms with Crippen molar-refractivity contribution in [1.82, 2.24) is 14.7 Å². The van der Waals surface area contributed by atoms with Crippen LogP contribution in [0.1, 0.15) is 11.3 Å². The van der Waals surface area contributed by atoms with Gasteiger partial charge in [0.25, 0.3) is 0 Å². The summed E-state index contributed by atoms with van der Waals surface area (Å²) in [6.07, 6.45) is -0.306. The molecule has 0 saturated heterocycles. The van der Waals surface area contributed by atoms with Crippen molar-refractivity contribution in [3.63, 3.8) is 0 Å². The van der Waals surface area contributed by atoms with E-state index in [9.17, 15) is 4.79 Å². The molecule has 0 bridgehead atoms. The summed E-state index contributed by atoms with van der Waals surface area (Å²) in [6, 6.07) is 11.4. The smallest absolute Gasteiger partial charge is 0.410 e. The Morgan fingerprint density at radius 2 is 2.10 bits per heavy atom. The number of hydrogen-bond donors (Lipinski definition) is 0. The van der Waals surface area contributed by atoms with Crippen molar-refractivity contribution in [3.8, 4) is 0 Å². The second-order valence-corrected chi connectivity index (χ2v) is 4.75. The first-order valence-electron chi connectivity index (χ1n) is 6.50. The van der Waals surface area contributed by atoms with Crippen LogP contribution >= 0.6 is 0 Å². The molecule has 1 aromatic carbocycles. The molecule has 20 heavy (non-hydrogen) atoms. The molecule has 0 spiro atoms. The lowest BCUT2D eigenvalue weighted by atomic mass is 10.1. The van der Waals surface area contributed by atoms with Crippen LogP contribution in [-0.2, 0) is 24.4 Å². The second-order valence-electron chi connectivity index (χ2n) is 4.75. The Labute approximate surface area is 118 Å². The van der Waals surface area contributed by atoms with Crippen LogP contribution in [-0.4, -0.2) is 35.2 Å². The number of fused-ring (bicyclic) bond motifs is 1. The molecule has 3 rings (SSSR count). The van der Waals surface area contributed by atoms with Crippen molar-refractivity contribution >= 4 is 19.5 Å². The standard InChI is InChI=1S/C14H14BN3O2/c15-13-8-12-9-17(6-7-18(12)16-13)14(19)20-10-11-4-2-1-3-5-11/h1-5,8H,6-7,9-10H2. The maximum atomic E-state index is 12.0. The molecular formula is C14H14BN3O2. The summed E-state index contributed by atoms with van der Waals surface area (Å²) >= 11 is 0. The summed E-state index contributed by atoms with van der Waals surface area (Å²) in [7, 11) is 5.65. The van der Waals surface area contributed by atoms with Gasteiger partial charge in [-0.15, -0.1) is 0 Å². The summed E-state index contributed by atoms with van der Waals surface area (Å²) in [6.45, 7) is 2.00. The zero-order valence-corrected chi connectivity index (χ0v) is 11.0. The molecule has 1 aromatic heterocycles. The predicted octanol–water partition coefficient (Wildman–Crippen LogP) is 0.829. The van der Waals surface area contributed by atoms with Gasteiger partial charge >= 0.3 is 6.09 Å². The third-order valence-corrected chi connectivity index (χ3v) is 3.28. The molecule has 2 radical (unpaired) electrons.